The summed E-state index contributed by atoms with van der Waals surface area (Å²) in [6, 6.07) is 8.20. The maximum absolute atomic E-state index is 12.9. The highest BCUT2D eigenvalue weighted by Crippen LogP contribution is 2.40. The van der Waals surface area contributed by atoms with Gasteiger partial charge in [0.1, 0.15) is 5.92 Å². The van der Waals surface area contributed by atoms with Crippen LogP contribution in [0.15, 0.2) is 34.9 Å². The predicted octanol–water partition coefficient (Wildman–Crippen LogP) is 2.59. The number of methoxy groups -OCH3 is 2. The van der Waals surface area contributed by atoms with Crippen molar-refractivity contribution in [1.29, 1.82) is 5.26 Å². The van der Waals surface area contributed by atoms with E-state index in [0.717, 1.165) is 18.9 Å². The van der Waals surface area contributed by atoms with Crippen LogP contribution in [0.3, 0.4) is 0 Å². The van der Waals surface area contributed by atoms with Crippen molar-refractivity contribution in [2.75, 3.05) is 20.0 Å². The molecule has 2 atom stereocenters. The lowest BCUT2D eigenvalue weighted by Gasteiger charge is -2.32. The molecule has 0 unspecified atom stereocenters. The number of thioether (sulfide) groups is 1. The minimum atomic E-state index is -1.30. The molecule has 0 saturated carbocycles. The van der Waals surface area contributed by atoms with Gasteiger partial charge in [0.05, 0.1) is 42.2 Å². The molecule has 0 radical (unpaired) electrons. The molecule has 0 bridgehead atoms. The number of rotatable bonds is 8. The van der Waals surface area contributed by atoms with Gasteiger partial charge in [0, 0.05) is 18.0 Å². The molecule has 0 spiro atoms. The average molecular weight is 488 g/mol. The number of carbonyl (C=O) groups excluding carboxylic acids is 4. The minimum absolute atomic E-state index is 0.00798. The molecular formula is C24H29N3O6S. The van der Waals surface area contributed by atoms with Crippen molar-refractivity contribution in [1.82, 2.24) is 10.2 Å². The van der Waals surface area contributed by atoms with Crippen LogP contribution in [0.4, 0.5) is 0 Å². The zero-order valence-electron chi connectivity index (χ0n) is 20.1. The second kappa shape index (κ2) is 11.7. The summed E-state index contributed by atoms with van der Waals surface area (Å²) < 4.78 is 9.53. The van der Waals surface area contributed by atoms with E-state index in [0.29, 0.717) is 5.56 Å². The summed E-state index contributed by atoms with van der Waals surface area (Å²) in [6.07, 6.45) is 0. The lowest BCUT2D eigenvalue weighted by atomic mass is 9.78. The monoisotopic (exact) mass is 487 g/mol. The maximum Gasteiger partial charge on any atom is 0.337 e. The first-order valence-electron chi connectivity index (χ1n) is 10.7. The molecule has 0 fully saturated rings. The molecule has 34 heavy (non-hydrogen) atoms. The number of benzene rings is 1. The van der Waals surface area contributed by atoms with E-state index in [4.69, 9.17) is 9.47 Å². The third kappa shape index (κ3) is 5.78. The van der Waals surface area contributed by atoms with Crippen molar-refractivity contribution in [3.8, 4) is 6.07 Å². The first kappa shape index (κ1) is 26.9. The lowest BCUT2D eigenvalue weighted by Crippen LogP contribution is -2.45. The average Bonchev–Trinajstić information content (AvgIpc) is 2.80. The van der Waals surface area contributed by atoms with E-state index in [1.165, 1.54) is 19.2 Å². The molecule has 2 rings (SSSR count). The summed E-state index contributed by atoms with van der Waals surface area (Å²) in [5, 5.41) is 12.8. The fourth-order valence-electron chi connectivity index (χ4n) is 4.00. The van der Waals surface area contributed by atoms with Crippen molar-refractivity contribution >= 4 is 35.5 Å². The first-order chi connectivity index (χ1) is 16.1. The van der Waals surface area contributed by atoms with Crippen molar-refractivity contribution in [2.45, 2.75) is 45.7 Å². The third-order valence-electron chi connectivity index (χ3n) is 5.42. The van der Waals surface area contributed by atoms with E-state index < -0.39 is 29.7 Å². The minimum Gasteiger partial charge on any atom is -0.468 e. The van der Waals surface area contributed by atoms with E-state index in [2.05, 4.69) is 11.4 Å². The van der Waals surface area contributed by atoms with Crippen molar-refractivity contribution in [3.63, 3.8) is 0 Å². The number of nitriles is 1. The van der Waals surface area contributed by atoms with Gasteiger partial charge in [-0.3, -0.25) is 14.4 Å². The van der Waals surface area contributed by atoms with Gasteiger partial charge in [-0.25, -0.2) is 4.79 Å². The molecule has 0 aromatic heterocycles. The maximum atomic E-state index is 12.9. The molecule has 1 N–H and O–H groups in total. The van der Waals surface area contributed by atoms with E-state index in [1.54, 1.807) is 17.0 Å². The molecule has 2 amide bonds. The summed E-state index contributed by atoms with van der Waals surface area (Å²) in [5.41, 5.74) is 0.899. The van der Waals surface area contributed by atoms with E-state index >= 15 is 0 Å². The van der Waals surface area contributed by atoms with Crippen LogP contribution in [0.5, 0.6) is 0 Å². The van der Waals surface area contributed by atoms with Crippen LogP contribution in [-0.2, 0) is 23.9 Å². The van der Waals surface area contributed by atoms with Gasteiger partial charge in [-0.15, -0.1) is 0 Å². The second-order valence-electron chi connectivity index (χ2n) is 8.21. The number of amides is 2. The normalized spacial score (nSPS) is 17.8. The Morgan fingerprint density at radius 2 is 1.68 bits per heavy atom. The molecule has 10 heteroatoms. The summed E-state index contributed by atoms with van der Waals surface area (Å²) >= 11 is 1.04. The van der Waals surface area contributed by atoms with Crippen LogP contribution >= 0.6 is 11.8 Å². The lowest BCUT2D eigenvalue weighted by molar-refractivity contribution is -0.150. The number of allylic oxidation sites excluding steroid dienone is 1. The van der Waals surface area contributed by atoms with Gasteiger partial charge >= 0.3 is 11.9 Å². The number of carbonyl (C=O) groups is 4. The molecule has 0 saturated heterocycles. The smallest absolute Gasteiger partial charge is 0.337 e. The third-order valence-corrected chi connectivity index (χ3v) is 6.42. The van der Waals surface area contributed by atoms with Gasteiger partial charge in [0.25, 0.3) is 0 Å². The van der Waals surface area contributed by atoms with Gasteiger partial charge in [-0.2, -0.15) is 5.26 Å². The standard InChI is InChI=1S/C24H29N3O6S/c1-13(2)27(14(3)4)18(28)12-34-22-17(11-25)19(20(21(29)26-22)24(31)33-6)15-7-9-16(10-8-15)23(30)32-5/h7-10,13-14,19-20H,12H2,1-6H3,(H,26,29)/t19-,20+/m1/s1. The zero-order chi connectivity index (χ0) is 25.6. The Hall–Kier alpha value is -3.32. The number of nitrogens with one attached hydrogen (secondary N) is 1. The van der Waals surface area contributed by atoms with E-state index in [1.807, 2.05) is 27.7 Å². The Morgan fingerprint density at radius 3 is 2.15 bits per heavy atom. The molecule has 1 aromatic rings. The number of esters is 2. The quantitative estimate of drug-likeness (QED) is 0.438. The van der Waals surface area contributed by atoms with Crippen molar-refractivity contribution in [3.05, 3.63) is 46.0 Å². The summed E-state index contributed by atoms with van der Waals surface area (Å²) in [5.74, 6) is -4.33. The van der Waals surface area contributed by atoms with Gasteiger partial charge in [0.2, 0.25) is 11.8 Å². The van der Waals surface area contributed by atoms with Gasteiger partial charge < -0.3 is 19.7 Å². The highest BCUT2D eigenvalue weighted by atomic mass is 32.2. The van der Waals surface area contributed by atoms with Crippen LogP contribution in [-0.4, -0.2) is 60.7 Å². The Bertz CT molecular complexity index is 1020. The van der Waals surface area contributed by atoms with E-state index in [9.17, 15) is 24.4 Å². The SMILES string of the molecule is COC(=O)c1ccc([C@@H]2C(C#N)=C(SCC(=O)N(C(C)C)C(C)C)NC(=O)[C@H]2C(=O)OC)cc1. The van der Waals surface area contributed by atoms with Crippen LogP contribution in [0.25, 0.3) is 0 Å². The second-order valence-corrected chi connectivity index (χ2v) is 9.20. The number of hydrogen-bond donors (Lipinski definition) is 1. The predicted molar refractivity (Wildman–Crippen MR) is 126 cm³/mol. The highest BCUT2D eigenvalue weighted by Gasteiger charge is 2.44. The Morgan fingerprint density at radius 1 is 1.09 bits per heavy atom. The van der Waals surface area contributed by atoms with E-state index in [-0.39, 0.29) is 39.9 Å². The highest BCUT2D eigenvalue weighted by molar-refractivity contribution is 8.03. The number of hydrogen-bond acceptors (Lipinski definition) is 8. The molecular weight excluding hydrogens is 458 g/mol. The fraction of sp³-hybridized carbons (Fsp3) is 0.458. The first-order valence-corrected chi connectivity index (χ1v) is 11.7. The van der Waals surface area contributed by atoms with Crippen LogP contribution < -0.4 is 5.32 Å². The van der Waals surface area contributed by atoms with Crippen LogP contribution in [0.1, 0.15) is 49.5 Å². The number of ether oxygens (including phenoxy) is 2. The van der Waals surface area contributed by atoms with Crippen LogP contribution in [0, 0.1) is 17.2 Å². The summed E-state index contributed by atoms with van der Waals surface area (Å²) in [4.78, 5) is 51.8. The Kier molecular flexibility index (Phi) is 9.27. The molecule has 1 aliphatic rings. The summed E-state index contributed by atoms with van der Waals surface area (Å²) in [7, 11) is 2.42. The molecule has 1 aliphatic heterocycles. The summed E-state index contributed by atoms with van der Waals surface area (Å²) in [6.45, 7) is 7.67. The van der Waals surface area contributed by atoms with Gasteiger partial charge in [0.15, 0.2) is 0 Å². The molecule has 1 heterocycles. The van der Waals surface area contributed by atoms with Crippen molar-refractivity contribution < 1.29 is 28.7 Å². The van der Waals surface area contributed by atoms with Crippen LogP contribution in [0.2, 0.25) is 0 Å². The van der Waals surface area contributed by atoms with Gasteiger partial charge in [-0.05, 0) is 45.4 Å². The topological polar surface area (TPSA) is 126 Å². The Labute approximate surface area is 203 Å². The molecule has 182 valence electrons. The van der Waals surface area contributed by atoms with Crippen molar-refractivity contribution in [2.24, 2.45) is 5.92 Å². The molecule has 1 aromatic carbocycles. The fourth-order valence-corrected chi connectivity index (χ4v) is 4.92. The van der Waals surface area contributed by atoms with Gasteiger partial charge in [-0.1, -0.05) is 23.9 Å². The molecule has 9 nitrogen and oxygen atoms in total. The molecule has 0 aliphatic carbocycles. The largest absolute Gasteiger partial charge is 0.468 e. The Balaban J connectivity index is 2.48. The number of nitrogens with zero attached hydrogens (tertiary/aromatic N) is 2. The zero-order valence-corrected chi connectivity index (χ0v) is 20.9.